The minimum absolute atomic E-state index is 0.805. The van der Waals surface area contributed by atoms with E-state index in [0.717, 1.165) is 21.1 Å². The fourth-order valence-electron chi connectivity index (χ4n) is 0.861. The Labute approximate surface area is 61.7 Å². The average molecular weight is 154 g/mol. The third-order valence-electron chi connectivity index (χ3n) is 1.32. The molecule has 0 aliphatic heterocycles. The van der Waals surface area contributed by atoms with Crippen molar-refractivity contribution >= 4 is 21.7 Å². The Morgan fingerprint density at radius 1 is 1.40 bits per heavy atom. The quantitative estimate of drug-likeness (QED) is 0.581. The number of fused-ring (bicyclic) bond motifs is 1. The molecule has 2 aromatic heterocycles. The normalized spacial score (nSPS) is 11.0. The molecule has 0 N–H and O–H groups in total. The van der Waals surface area contributed by atoms with Crippen molar-refractivity contribution in [1.29, 1.82) is 0 Å². The summed E-state index contributed by atoms with van der Waals surface area (Å²) in [7, 11) is 0. The summed E-state index contributed by atoms with van der Waals surface area (Å²) in [6.45, 7) is 3.83. The van der Waals surface area contributed by atoms with Gasteiger partial charge in [0.1, 0.15) is 5.52 Å². The van der Waals surface area contributed by atoms with Gasteiger partial charge in [-0.25, -0.2) is 4.98 Å². The largest absolute Gasteiger partial charge is 0.358 e. The van der Waals surface area contributed by atoms with Crippen molar-refractivity contribution in [2.75, 3.05) is 0 Å². The lowest BCUT2D eigenvalue weighted by atomic mass is 10.5. The standard InChI is InChI=1S/C6H6N2OS/c1-3-5-6(8-9-3)10-4(2)7-5/h1-2H3. The third-order valence-corrected chi connectivity index (χ3v) is 2.16. The molecule has 3 nitrogen and oxygen atoms in total. The predicted octanol–water partition coefficient (Wildman–Crippen LogP) is 1.90. The zero-order valence-corrected chi connectivity index (χ0v) is 6.53. The summed E-state index contributed by atoms with van der Waals surface area (Å²) in [5, 5.41) is 4.86. The van der Waals surface area contributed by atoms with Crippen molar-refractivity contribution in [3.63, 3.8) is 0 Å². The van der Waals surface area contributed by atoms with Crippen LogP contribution in [0.2, 0.25) is 0 Å². The van der Waals surface area contributed by atoms with Gasteiger partial charge in [0.25, 0.3) is 0 Å². The zero-order valence-electron chi connectivity index (χ0n) is 5.71. The lowest BCUT2D eigenvalue weighted by Crippen LogP contribution is -1.67. The van der Waals surface area contributed by atoms with E-state index >= 15 is 0 Å². The van der Waals surface area contributed by atoms with Crippen molar-refractivity contribution in [2.45, 2.75) is 13.8 Å². The van der Waals surface area contributed by atoms with Gasteiger partial charge in [0.15, 0.2) is 10.6 Å². The van der Waals surface area contributed by atoms with E-state index in [-0.39, 0.29) is 0 Å². The van der Waals surface area contributed by atoms with E-state index in [1.54, 1.807) is 11.3 Å². The molecular weight excluding hydrogens is 148 g/mol. The number of thiazole rings is 1. The summed E-state index contributed by atoms with van der Waals surface area (Å²) in [6.07, 6.45) is 0. The van der Waals surface area contributed by atoms with Crippen LogP contribution in [0.25, 0.3) is 10.3 Å². The molecule has 0 aliphatic carbocycles. The van der Waals surface area contributed by atoms with Crippen molar-refractivity contribution in [3.05, 3.63) is 10.8 Å². The molecule has 0 saturated carbocycles. The van der Waals surface area contributed by atoms with Crippen molar-refractivity contribution < 1.29 is 4.52 Å². The number of nitrogens with zero attached hydrogens (tertiary/aromatic N) is 2. The molecule has 0 saturated heterocycles. The Kier molecular flexibility index (Phi) is 1.05. The molecule has 0 radical (unpaired) electrons. The first-order chi connectivity index (χ1) is 4.77. The fraction of sp³-hybridized carbons (Fsp3) is 0.333. The minimum Gasteiger partial charge on any atom is -0.358 e. The van der Waals surface area contributed by atoms with Crippen molar-refractivity contribution in [1.82, 2.24) is 10.1 Å². The fourth-order valence-corrected chi connectivity index (χ4v) is 1.64. The van der Waals surface area contributed by atoms with E-state index in [1.807, 2.05) is 13.8 Å². The first kappa shape index (κ1) is 5.85. The molecule has 10 heavy (non-hydrogen) atoms. The monoisotopic (exact) mass is 154 g/mol. The topological polar surface area (TPSA) is 38.9 Å². The highest BCUT2D eigenvalue weighted by Crippen LogP contribution is 2.22. The van der Waals surface area contributed by atoms with E-state index in [9.17, 15) is 0 Å². The highest BCUT2D eigenvalue weighted by Gasteiger charge is 2.07. The average Bonchev–Trinajstić information content (AvgIpc) is 2.35. The summed E-state index contributed by atoms with van der Waals surface area (Å²) in [5.74, 6) is 0.805. The van der Waals surface area contributed by atoms with Gasteiger partial charge in [-0.05, 0) is 13.8 Å². The summed E-state index contributed by atoms with van der Waals surface area (Å²) in [5.41, 5.74) is 0.905. The summed E-state index contributed by atoms with van der Waals surface area (Å²) < 4.78 is 4.91. The number of hydrogen-bond donors (Lipinski definition) is 0. The smallest absolute Gasteiger partial charge is 0.187 e. The molecule has 2 aromatic rings. The van der Waals surface area contributed by atoms with Crippen molar-refractivity contribution in [2.24, 2.45) is 0 Å². The van der Waals surface area contributed by atoms with Crippen LogP contribution in [0.15, 0.2) is 4.52 Å². The van der Waals surface area contributed by atoms with Crippen LogP contribution < -0.4 is 0 Å². The summed E-state index contributed by atoms with van der Waals surface area (Å²) >= 11 is 1.56. The molecule has 0 aliphatic rings. The Balaban J connectivity index is 2.90. The maximum absolute atomic E-state index is 4.91. The van der Waals surface area contributed by atoms with Gasteiger partial charge < -0.3 is 4.52 Å². The van der Waals surface area contributed by atoms with Crippen LogP contribution in [0, 0.1) is 13.8 Å². The van der Waals surface area contributed by atoms with Gasteiger partial charge in [0.05, 0.1) is 5.01 Å². The third kappa shape index (κ3) is 0.654. The molecule has 2 rings (SSSR count). The minimum atomic E-state index is 0.805. The predicted molar refractivity (Wildman–Crippen MR) is 39.2 cm³/mol. The molecule has 0 atom stereocenters. The van der Waals surface area contributed by atoms with Crippen molar-refractivity contribution in [3.8, 4) is 0 Å². The first-order valence-electron chi connectivity index (χ1n) is 2.97. The zero-order chi connectivity index (χ0) is 7.14. The Bertz CT molecular complexity index is 363. The van der Waals surface area contributed by atoms with E-state index in [2.05, 4.69) is 10.1 Å². The highest BCUT2D eigenvalue weighted by molar-refractivity contribution is 7.18. The van der Waals surface area contributed by atoms with E-state index in [1.165, 1.54) is 0 Å². The van der Waals surface area contributed by atoms with Crippen LogP contribution in [-0.4, -0.2) is 10.1 Å². The van der Waals surface area contributed by atoms with Gasteiger partial charge in [-0.3, -0.25) is 0 Å². The number of aromatic nitrogens is 2. The van der Waals surface area contributed by atoms with Gasteiger partial charge >= 0.3 is 0 Å². The molecule has 0 fully saturated rings. The van der Waals surface area contributed by atoms with E-state index in [4.69, 9.17) is 4.52 Å². The van der Waals surface area contributed by atoms with Gasteiger partial charge in [-0.1, -0.05) is 16.5 Å². The molecule has 52 valence electrons. The maximum Gasteiger partial charge on any atom is 0.187 e. The molecule has 2 heterocycles. The van der Waals surface area contributed by atoms with Crippen LogP contribution in [-0.2, 0) is 0 Å². The Morgan fingerprint density at radius 3 is 2.90 bits per heavy atom. The van der Waals surface area contributed by atoms with Gasteiger partial charge in [0, 0.05) is 0 Å². The number of aryl methyl sites for hydroxylation is 2. The molecular formula is C6H6N2OS. The molecule has 0 amide bonds. The second-order valence-electron chi connectivity index (χ2n) is 2.13. The molecule has 0 bridgehead atoms. The SMILES string of the molecule is Cc1nc2c(C)onc2s1. The molecule has 0 unspecified atom stereocenters. The molecule has 0 aromatic carbocycles. The van der Waals surface area contributed by atoms with E-state index in [0.29, 0.717) is 0 Å². The number of hydrogen-bond acceptors (Lipinski definition) is 4. The van der Waals surface area contributed by atoms with Crippen LogP contribution >= 0.6 is 11.3 Å². The lowest BCUT2D eigenvalue weighted by Gasteiger charge is -1.75. The van der Waals surface area contributed by atoms with Gasteiger partial charge in [0.2, 0.25) is 0 Å². The van der Waals surface area contributed by atoms with Crippen LogP contribution in [0.5, 0.6) is 0 Å². The van der Waals surface area contributed by atoms with E-state index < -0.39 is 0 Å². The van der Waals surface area contributed by atoms with Gasteiger partial charge in [-0.15, -0.1) is 0 Å². The first-order valence-corrected chi connectivity index (χ1v) is 3.78. The lowest BCUT2D eigenvalue weighted by molar-refractivity contribution is 0.406. The summed E-state index contributed by atoms with van der Waals surface area (Å²) in [4.78, 5) is 5.13. The molecule has 0 spiro atoms. The number of rotatable bonds is 0. The Morgan fingerprint density at radius 2 is 2.20 bits per heavy atom. The van der Waals surface area contributed by atoms with Crippen LogP contribution in [0.3, 0.4) is 0 Å². The Hall–Kier alpha value is -0.900. The van der Waals surface area contributed by atoms with Gasteiger partial charge in [-0.2, -0.15) is 0 Å². The maximum atomic E-state index is 4.91. The highest BCUT2D eigenvalue weighted by atomic mass is 32.1. The van der Waals surface area contributed by atoms with Crippen LogP contribution in [0.1, 0.15) is 10.8 Å². The summed E-state index contributed by atoms with van der Waals surface area (Å²) in [6, 6.07) is 0. The van der Waals surface area contributed by atoms with Crippen LogP contribution in [0.4, 0.5) is 0 Å². The molecule has 4 heteroatoms. The second kappa shape index (κ2) is 1.79. The second-order valence-corrected chi connectivity index (χ2v) is 3.31.